The first-order valence-corrected chi connectivity index (χ1v) is 5.84. The van der Waals surface area contributed by atoms with Crippen LogP contribution in [0.3, 0.4) is 0 Å². The van der Waals surface area contributed by atoms with Gasteiger partial charge in [0.05, 0.1) is 12.2 Å². The fourth-order valence-corrected chi connectivity index (χ4v) is 1.80. The Kier molecular flexibility index (Phi) is 3.58. The molecular weight excluding hydrogens is 218 g/mol. The minimum Gasteiger partial charge on any atom is -0.462 e. The first kappa shape index (κ1) is 11.9. The van der Waals surface area contributed by atoms with Crippen molar-refractivity contribution in [1.29, 1.82) is 0 Å². The minimum absolute atomic E-state index is 0.311. The Hall–Kier alpha value is -1.62. The van der Waals surface area contributed by atoms with Gasteiger partial charge in [-0.25, -0.2) is 9.78 Å². The number of carbonyl (C=O) groups excluding carboxylic acids is 1. The van der Waals surface area contributed by atoms with Crippen LogP contribution in [0.25, 0.3) is 0 Å². The van der Waals surface area contributed by atoms with Gasteiger partial charge >= 0.3 is 5.97 Å². The van der Waals surface area contributed by atoms with Crippen molar-refractivity contribution in [2.45, 2.75) is 31.8 Å². The van der Waals surface area contributed by atoms with Crippen LogP contribution >= 0.6 is 0 Å². The number of anilines is 1. The number of hydrogen-bond acceptors (Lipinski definition) is 5. The Balaban J connectivity index is 1.91. The smallest absolute Gasteiger partial charge is 0.339 e. The molecule has 2 rings (SSSR count). The molecule has 1 saturated carbocycles. The van der Waals surface area contributed by atoms with Crippen molar-refractivity contribution in [3.05, 3.63) is 23.9 Å². The lowest BCUT2D eigenvalue weighted by molar-refractivity contribution is 0.0526. The number of nitrogens with zero attached hydrogens (tertiary/aromatic N) is 1. The average molecular weight is 235 g/mol. The number of carbonyl (C=O) groups is 1. The van der Waals surface area contributed by atoms with Gasteiger partial charge in [0.1, 0.15) is 5.82 Å². The number of nitrogens with two attached hydrogens (primary N) is 1. The summed E-state index contributed by atoms with van der Waals surface area (Å²) in [5.74, 6) is 0.437. The van der Waals surface area contributed by atoms with Gasteiger partial charge in [-0.05, 0) is 31.9 Å². The molecule has 1 aliphatic carbocycles. The van der Waals surface area contributed by atoms with E-state index in [1.807, 2.05) is 0 Å². The Morgan fingerprint density at radius 2 is 2.35 bits per heavy atom. The third kappa shape index (κ3) is 2.94. The van der Waals surface area contributed by atoms with Gasteiger partial charge < -0.3 is 15.8 Å². The molecule has 1 fully saturated rings. The van der Waals surface area contributed by atoms with Gasteiger partial charge in [0.2, 0.25) is 0 Å². The van der Waals surface area contributed by atoms with Crippen LogP contribution < -0.4 is 11.1 Å². The van der Waals surface area contributed by atoms with Crippen molar-refractivity contribution in [2.24, 2.45) is 5.73 Å². The summed E-state index contributed by atoms with van der Waals surface area (Å²) in [5, 5.41) is 3.26. The molecule has 17 heavy (non-hydrogen) atoms. The molecule has 92 valence electrons. The highest BCUT2D eigenvalue weighted by molar-refractivity contribution is 5.89. The molecule has 0 radical (unpaired) electrons. The number of esters is 1. The molecule has 1 aliphatic rings. The van der Waals surface area contributed by atoms with Crippen molar-refractivity contribution in [1.82, 2.24) is 4.98 Å². The first-order chi connectivity index (χ1) is 8.19. The molecule has 1 aromatic rings. The van der Waals surface area contributed by atoms with E-state index in [1.165, 1.54) is 6.20 Å². The third-order valence-electron chi connectivity index (χ3n) is 2.80. The Labute approximate surface area is 100 Å². The van der Waals surface area contributed by atoms with Crippen LogP contribution in [0.4, 0.5) is 5.82 Å². The summed E-state index contributed by atoms with van der Waals surface area (Å²) in [7, 11) is 0. The molecule has 3 N–H and O–H groups in total. The number of ether oxygens (including phenoxy) is 1. The molecule has 0 bridgehead atoms. The maximum Gasteiger partial charge on any atom is 0.339 e. The number of rotatable bonds is 4. The van der Waals surface area contributed by atoms with Crippen LogP contribution in [0, 0.1) is 0 Å². The molecule has 0 aromatic carbocycles. The van der Waals surface area contributed by atoms with E-state index >= 15 is 0 Å². The van der Waals surface area contributed by atoms with E-state index in [2.05, 4.69) is 10.3 Å². The van der Waals surface area contributed by atoms with Crippen LogP contribution in [0.5, 0.6) is 0 Å². The van der Waals surface area contributed by atoms with Crippen molar-refractivity contribution < 1.29 is 9.53 Å². The summed E-state index contributed by atoms with van der Waals surface area (Å²) in [6, 6.07) is 4.22. The Morgan fingerprint density at radius 1 is 1.59 bits per heavy atom. The maximum absolute atomic E-state index is 11.4. The van der Waals surface area contributed by atoms with E-state index in [1.54, 1.807) is 19.1 Å². The number of nitrogens with one attached hydrogen (secondary N) is 1. The third-order valence-corrected chi connectivity index (χ3v) is 2.80. The van der Waals surface area contributed by atoms with E-state index in [0.29, 0.717) is 24.3 Å². The molecule has 0 amide bonds. The molecule has 5 nitrogen and oxygen atoms in total. The second-order valence-electron chi connectivity index (χ2n) is 4.23. The lowest BCUT2D eigenvalue weighted by Gasteiger charge is -2.33. The highest BCUT2D eigenvalue weighted by Gasteiger charge is 2.25. The molecule has 1 aromatic heterocycles. The molecule has 5 heteroatoms. The molecule has 0 spiro atoms. The highest BCUT2D eigenvalue weighted by atomic mass is 16.5. The SMILES string of the molecule is CCOC(=O)c1ccc(NC2CC(N)C2)nc1. The lowest BCUT2D eigenvalue weighted by atomic mass is 9.88. The van der Waals surface area contributed by atoms with E-state index < -0.39 is 0 Å². The summed E-state index contributed by atoms with van der Waals surface area (Å²) < 4.78 is 4.88. The first-order valence-electron chi connectivity index (χ1n) is 5.84. The van der Waals surface area contributed by atoms with Crippen LogP contribution in [0.2, 0.25) is 0 Å². The van der Waals surface area contributed by atoms with Crippen LogP contribution in [0.15, 0.2) is 18.3 Å². The number of pyridine rings is 1. The van der Waals surface area contributed by atoms with Crippen LogP contribution in [-0.4, -0.2) is 29.6 Å². The van der Waals surface area contributed by atoms with Crippen molar-refractivity contribution in [3.8, 4) is 0 Å². The fraction of sp³-hybridized carbons (Fsp3) is 0.500. The Morgan fingerprint density at radius 3 is 2.88 bits per heavy atom. The van der Waals surface area contributed by atoms with Crippen molar-refractivity contribution in [2.75, 3.05) is 11.9 Å². The predicted molar refractivity (Wildman–Crippen MR) is 64.8 cm³/mol. The fourth-order valence-electron chi connectivity index (χ4n) is 1.80. The zero-order valence-corrected chi connectivity index (χ0v) is 9.85. The van der Waals surface area contributed by atoms with Crippen LogP contribution in [-0.2, 0) is 4.74 Å². The molecule has 0 unspecified atom stereocenters. The van der Waals surface area contributed by atoms with E-state index in [4.69, 9.17) is 10.5 Å². The van der Waals surface area contributed by atoms with Gasteiger partial charge in [-0.1, -0.05) is 0 Å². The molecule has 0 aliphatic heterocycles. The van der Waals surface area contributed by atoms with Crippen molar-refractivity contribution >= 4 is 11.8 Å². The normalized spacial score (nSPS) is 22.7. The second-order valence-corrected chi connectivity index (χ2v) is 4.23. The van der Waals surface area contributed by atoms with E-state index in [-0.39, 0.29) is 5.97 Å². The predicted octanol–water partition coefficient (Wildman–Crippen LogP) is 1.16. The monoisotopic (exact) mass is 235 g/mol. The molecule has 0 saturated heterocycles. The van der Waals surface area contributed by atoms with Crippen LogP contribution in [0.1, 0.15) is 30.1 Å². The quantitative estimate of drug-likeness (QED) is 0.766. The molecule has 1 heterocycles. The van der Waals surface area contributed by atoms with E-state index in [9.17, 15) is 4.79 Å². The lowest BCUT2D eigenvalue weighted by Crippen LogP contribution is -2.44. The standard InChI is InChI=1S/C12H17N3O2/c1-2-17-12(16)8-3-4-11(14-7-8)15-10-5-9(13)6-10/h3-4,7,9-10H,2,5-6,13H2,1H3,(H,14,15). The summed E-state index contributed by atoms with van der Waals surface area (Å²) >= 11 is 0. The summed E-state index contributed by atoms with van der Waals surface area (Å²) in [4.78, 5) is 15.6. The topological polar surface area (TPSA) is 77.2 Å². The number of aromatic nitrogens is 1. The maximum atomic E-state index is 11.4. The summed E-state index contributed by atoms with van der Waals surface area (Å²) in [6.07, 6.45) is 3.47. The second kappa shape index (κ2) is 5.14. The average Bonchev–Trinajstić information content (AvgIpc) is 2.28. The Bertz CT molecular complexity index is 385. The summed E-state index contributed by atoms with van der Waals surface area (Å²) in [5.41, 5.74) is 6.17. The molecular formula is C12H17N3O2. The highest BCUT2D eigenvalue weighted by Crippen LogP contribution is 2.21. The van der Waals surface area contributed by atoms with Gasteiger partial charge in [0, 0.05) is 18.3 Å². The van der Waals surface area contributed by atoms with E-state index in [0.717, 1.165) is 18.7 Å². The minimum atomic E-state index is -0.336. The van der Waals surface area contributed by atoms with Gasteiger partial charge in [0.25, 0.3) is 0 Å². The van der Waals surface area contributed by atoms with Crippen molar-refractivity contribution in [3.63, 3.8) is 0 Å². The zero-order chi connectivity index (χ0) is 12.3. The van der Waals surface area contributed by atoms with Gasteiger partial charge in [-0.2, -0.15) is 0 Å². The summed E-state index contributed by atoms with van der Waals surface area (Å²) in [6.45, 7) is 2.15. The largest absolute Gasteiger partial charge is 0.462 e. The number of hydrogen-bond donors (Lipinski definition) is 2. The zero-order valence-electron chi connectivity index (χ0n) is 9.85. The van der Waals surface area contributed by atoms with Gasteiger partial charge in [-0.3, -0.25) is 0 Å². The molecule has 0 atom stereocenters. The van der Waals surface area contributed by atoms with Gasteiger partial charge in [0.15, 0.2) is 0 Å². The van der Waals surface area contributed by atoms with Gasteiger partial charge in [-0.15, -0.1) is 0 Å².